The molecule has 28 heavy (non-hydrogen) atoms. The van der Waals surface area contributed by atoms with E-state index in [4.69, 9.17) is 4.74 Å². The van der Waals surface area contributed by atoms with E-state index in [1.54, 1.807) is 17.0 Å². The molecule has 11 heteroatoms. The molecule has 0 aromatic heterocycles. The van der Waals surface area contributed by atoms with Gasteiger partial charge in [-0.25, -0.2) is 14.6 Å². The largest absolute Gasteiger partial charge is 0.444 e. The first-order valence-electron chi connectivity index (χ1n) is 9.58. The molecule has 4 amide bonds. The van der Waals surface area contributed by atoms with Gasteiger partial charge in [-0.2, -0.15) is 5.06 Å². The lowest BCUT2D eigenvalue weighted by Crippen LogP contribution is -2.61. The normalized spacial score (nSPS) is 28.5. The number of hydroxylamine groups is 2. The van der Waals surface area contributed by atoms with Crippen molar-refractivity contribution in [3.8, 4) is 0 Å². The predicted molar refractivity (Wildman–Crippen MR) is 98.1 cm³/mol. The number of urea groups is 1. The fraction of sp³-hybridized carbons (Fsp3) is 0.824. The second kappa shape index (κ2) is 7.37. The lowest BCUT2D eigenvalue weighted by molar-refractivity contribution is -0.134. The molecule has 0 aliphatic carbocycles. The number of carbonyl (C=O) groups excluding carboxylic acids is 3. The van der Waals surface area contributed by atoms with Gasteiger partial charge in [0, 0.05) is 26.2 Å². The van der Waals surface area contributed by atoms with E-state index in [0.717, 1.165) is 0 Å². The molecule has 158 valence electrons. The first-order chi connectivity index (χ1) is 13.1. The van der Waals surface area contributed by atoms with Gasteiger partial charge < -0.3 is 14.5 Å². The Morgan fingerprint density at radius 1 is 1.21 bits per heavy atom. The number of likely N-dealkylation sites (N-methyl/N-ethyl adjacent to an activating group) is 1. The molecule has 3 aliphatic heterocycles. The highest BCUT2D eigenvalue weighted by atomic mass is 16.6. The Bertz CT molecular complexity index is 644. The first kappa shape index (κ1) is 20.6. The molecule has 2 atom stereocenters. The molecule has 2 bridgehead atoms. The molecule has 3 rings (SSSR count). The zero-order valence-corrected chi connectivity index (χ0v) is 16.9. The van der Waals surface area contributed by atoms with Crippen LogP contribution in [0, 0.1) is 0 Å². The molecular formula is C17H30N6O5. The molecule has 0 aromatic carbocycles. The van der Waals surface area contributed by atoms with Gasteiger partial charge in [-0.05, 0) is 40.7 Å². The summed E-state index contributed by atoms with van der Waals surface area (Å²) in [5, 5.41) is 15.5. The molecule has 3 fully saturated rings. The fourth-order valence-corrected chi connectivity index (χ4v) is 3.82. The number of hydrogen-bond acceptors (Lipinski definition) is 7. The van der Waals surface area contributed by atoms with Crippen LogP contribution in [-0.2, 0) is 9.53 Å². The van der Waals surface area contributed by atoms with Crippen LogP contribution in [0.25, 0.3) is 0 Å². The number of nitrogens with zero attached hydrogens (tertiary/aromatic N) is 4. The van der Waals surface area contributed by atoms with Crippen LogP contribution in [0.15, 0.2) is 0 Å². The third-order valence-electron chi connectivity index (χ3n) is 5.44. The van der Waals surface area contributed by atoms with Gasteiger partial charge in [-0.1, -0.05) is 0 Å². The smallest absolute Gasteiger partial charge is 0.410 e. The van der Waals surface area contributed by atoms with Crippen LogP contribution in [0.5, 0.6) is 0 Å². The topological polar surface area (TPSA) is 118 Å². The number of amides is 4. The molecular weight excluding hydrogens is 368 g/mol. The lowest BCUT2D eigenvalue weighted by Gasteiger charge is -2.39. The van der Waals surface area contributed by atoms with Crippen molar-refractivity contribution in [3.05, 3.63) is 0 Å². The summed E-state index contributed by atoms with van der Waals surface area (Å²) in [6.45, 7) is 7.54. The maximum Gasteiger partial charge on any atom is 0.410 e. The van der Waals surface area contributed by atoms with Gasteiger partial charge in [0.25, 0.3) is 5.91 Å². The van der Waals surface area contributed by atoms with Crippen LogP contribution in [0.2, 0.25) is 0 Å². The Kier molecular flexibility index (Phi) is 5.43. The Hall–Kier alpha value is -2.11. The molecule has 11 nitrogen and oxygen atoms in total. The zero-order valence-electron chi connectivity index (χ0n) is 16.9. The van der Waals surface area contributed by atoms with E-state index in [-0.39, 0.29) is 18.5 Å². The molecule has 0 saturated carbocycles. The second-order valence-electron chi connectivity index (χ2n) is 8.49. The molecule has 3 aliphatic rings. The first-order valence-corrected chi connectivity index (χ1v) is 9.58. The Morgan fingerprint density at radius 3 is 2.43 bits per heavy atom. The Labute approximate surface area is 164 Å². The van der Waals surface area contributed by atoms with Gasteiger partial charge in [-0.15, -0.1) is 0 Å². The van der Waals surface area contributed by atoms with Gasteiger partial charge in [0.2, 0.25) is 0 Å². The summed E-state index contributed by atoms with van der Waals surface area (Å²) in [6, 6.07) is -1.20. The van der Waals surface area contributed by atoms with Crippen molar-refractivity contribution in [2.45, 2.75) is 50.9 Å². The van der Waals surface area contributed by atoms with E-state index in [9.17, 15) is 19.6 Å². The number of piperazine rings is 1. The average Bonchev–Trinajstić information content (AvgIpc) is 2.83. The minimum Gasteiger partial charge on any atom is -0.444 e. The number of hydrogen-bond donors (Lipinski definition) is 3. The van der Waals surface area contributed by atoms with E-state index >= 15 is 0 Å². The van der Waals surface area contributed by atoms with Crippen LogP contribution in [0.3, 0.4) is 0 Å². The molecule has 3 saturated heterocycles. The number of hydrazine groups is 1. The van der Waals surface area contributed by atoms with Crippen LogP contribution >= 0.6 is 0 Å². The van der Waals surface area contributed by atoms with Crippen molar-refractivity contribution in [2.24, 2.45) is 0 Å². The maximum absolute atomic E-state index is 12.7. The molecule has 0 spiro atoms. The molecule has 0 aromatic rings. The monoisotopic (exact) mass is 398 g/mol. The van der Waals surface area contributed by atoms with Gasteiger partial charge in [0.15, 0.2) is 0 Å². The van der Waals surface area contributed by atoms with Crippen molar-refractivity contribution >= 4 is 18.0 Å². The fourth-order valence-electron chi connectivity index (χ4n) is 3.82. The number of rotatable bonds is 3. The van der Waals surface area contributed by atoms with Gasteiger partial charge in [0.1, 0.15) is 17.3 Å². The molecule has 3 N–H and O–H groups in total. The van der Waals surface area contributed by atoms with Crippen LogP contribution in [0.4, 0.5) is 9.59 Å². The van der Waals surface area contributed by atoms with E-state index in [2.05, 4.69) is 10.7 Å². The Balaban J connectivity index is 1.52. The van der Waals surface area contributed by atoms with Gasteiger partial charge in [0.05, 0.1) is 6.54 Å². The summed E-state index contributed by atoms with van der Waals surface area (Å²) in [6.07, 6.45) is 0.569. The van der Waals surface area contributed by atoms with Crippen LogP contribution < -0.4 is 10.7 Å². The number of fused-ring (bicyclic) bond motifs is 2. The van der Waals surface area contributed by atoms with E-state index in [1.807, 2.05) is 20.8 Å². The van der Waals surface area contributed by atoms with Crippen LogP contribution in [0.1, 0.15) is 33.6 Å². The standard InChI is InChI=1S/C17H30N6O5/c1-16(2,3)28-15(26)20-7-9-21(10-8-20)19-13(24)12-5-6-17(18-4)11-22(12)14(25)23(17)27/h12,18,27H,5-11H2,1-4H3,(H,19,24)/t12-,17+/m0/s1. The SMILES string of the molecule is CN[C@@]12CC[C@@H](C(=O)NN3CCN(C(=O)OC(C)(C)C)CC3)N(C1)C(=O)N2O. The average molecular weight is 398 g/mol. The van der Waals surface area contributed by atoms with Gasteiger partial charge in [-0.3, -0.25) is 20.7 Å². The number of nitrogens with one attached hydrogen (secondary N) is 2. The maximum atomic E-state index is 12.7. The highest BCUT2D eigenvalue weighted by molar-refractivity contribution is 5.88. The summed E-state index contributed by atoms with van der Waals surface area (Å²) in [4.78, 5) is 40.2. The highest BCUT2D eigenvalue weighted by Crippen LogP contribution is 2.35. The summed E-state index contributed by atoms with van der Waals surface area (Å²) in [5.41, 5.74) is 1.47. The summed E-state index contributed by atoms with van der Waals surface area (Å²) < 4.78 is 5.37. The number of piperidine rings is 1. The highest BCUT2D eigenvalue weighted by Gasteiger charge is 2.56. The van der Waals surface area contributed by atoms with Crippen molar-refractivity contribution in [1.82, 2.24) is 30.6 Å². The molecule has 3 heterocycles. The third-order valence-corrected chi connectivity index (χ3v) is 5.44. The quantitative estimate of drug-likeness (QED) is 0.562. The van der Waals surface area contributed by atoms with Crippen molar-refractivity contribution in [1.29, 1.82) is 0 Å². The number of ether oxygens (including phenoxy) is 1. The van der Waals surface area contributed by atoms with Crippen LogP contribution in [-0.4, -0.2) is 100 Å². The number of carbonyl (C=O) groups is 3. The summed E-state index contributed by atoms with van der Waals surface area (Å²) >= 11 is 0. The van der Waals surface area contributed by atoms with Gasteiger partial charge >= 0.3 is 12.1 Å². The van der Waals surface area contributed by atoms with Crippen molar-refractivity contribution < 1.29 is 24.3 Å². The predicted octanol–water partition coefficient (Wildman–Crippen LogP) is -0.225. The molecule has 0 unspecified atom stereocenters. The lowest BCUT2D eigenvalue weighted by atomic mass is 9.95. The Morgan fingerprint density at radius 2 is 1.86 bits per heavy atom. The summed E-state index contributed by atoms with van der Waals surface area (Å²) in [7, 11) is 1.69. The summed E-state index contributed by atoms with van der Waals surface area (Å²) in [5.74, 6) is -0.279. The zero-order chi connectivity index (χ0) is 20.7. The molecule has 0 radical (unpaired) electrons. The third kappa shape index (κ3) is 3.87. The van der Waals surface area contributed by atoms with E-state index in [0.29, 0.717) is 44.1 Å². The van der Waals surface area contributed by atoms with E-state index < -0.39 is 23.3 Å². The minimum atomic E-state index is -0.826. The second-order valence-corrected chi connectivity index (χ2v) is 8.49. The minimum absolute atomic E-state index is 0.253. The van der Waals surface area contributed by atoms with Crippen molar-refractivity contribution in [2.75, 3.05) is 39.8 Å². The van der Waals surface area contributed by atoms with E-state index in [1.165, 1.54) is 4.90 Å². The van der Waals surface area contributed by atoms with Crippen molar-refractivity contribution in [3.63, 3.8) is 0 Å².